The van der Waals surface area contributed by atoms with Gasteiger partial charge in [0.1, 0.15) is 29.0 Å². The molecule has 4 aliphatic rings. The predicted octanol–water partition coefficient (Wildman–Crippen LogP) is 8.79. The number of nitrogens with zero attached hydrogens (tertiary/aromatic N) is 5. The third-order valence-corrected chi connectivity index (χ3v) is 14.2. The normalized spacial score (nSPS) is 20.2. The van der Waals surface area contributed by atoms with Crippen molar-refractivity contribution in [3.8, 4) is 39.5 Å². The van der Waals surface area contributed by atoms with Crippen LogP contribution in [0, 0.1) is 5.92 Å². The van der Waals surface area contributed by atoms with Gasteiger partial charge >= 0.3 is 12.2 Å². The summed E-state index contributed by atoms with van der Waals surface area (Å²) in [6, 6.07) is 23.8. The highest BCUT2D eigenvalue weighted by molar-refractivity contribution is 5.93. The summed E-state index contributed by atoms with van der Waals surface area (Å²) >= 11 is 0. The number of fused-ring (bicyclic) bond motifs is 5. The van der Waals surface area contributed by atoms with Crippen LogP contribution in [0.3, 0.4) is 0 Å². The monoisotopic (exact) mass is 907 g/mol. The number of likely N-dealkylation sites (tertiary alicyclic amines) is 2. The zero-order chi connectivity index (χ0) is 46.4. The van der Waals surface area contributed by atoms with E-state index in [9.17, 15) is 19.2 Å². The second kappa shape index (κ2) is 17.9. The quantitative estimate of drug-likeness (QED) is 0.104. The van der Waals surface area contributed by atoms with Crippen LogP contribution < -0.4 is 15.4 Å². The number of aromatic nitrogens is 5. The maximum absolute atomic E-state index is 14.3. The Morgan fingerprint density at radius 2 is 1.40 bits per heavy atom. The molecule has 67 heavy (non-hydrogen) atoms. The Morgan fingerprint density at radius 3 is 2.07 bits per heavy atom. The number of carbonyl (C=O) groups is 4. The number of benzene rings is 3. The van der Waals surface area contributed by atoms with Crippen LogP contribution in [-0.4, -0.2) is 97.2 Å². The highest BCUT2D eigenvalue weighted by Gasteiger charge is 2.47. The summed E-state index contributed by atoms with van der Waals surface area (Å²) in [5.74, 6) is 1.80. The second-order valence-electron chi connectivity index (χ2n) is 18.6. The van der Waals surface area contributed by atoms with Crippen molar-refractivity contribution in [2.75, 3.05) is 27.3 Å². The Hall–Kier alpha value is -7.10. The van der Waals surface area contributed by atoms with Gasteiger partial charge in [0.15, 0.2) is 0 Å². The summed E-state index contributed by atoms with van der Waals surface area (Å²) in [5.41, 5.74) is 6.52. The van der Waals surface area contributed by atoms with Gasteiger partial charge in [-0.15, -0.1) is 0 Å². The first-order valence-electron chi connectivity index (χ1n) is 23.5. The van der Waals surface area contributed by atoms with Crippen LogP contribution >= 0.6 is 0 Å². The minimum atomic E-state index is -0.974. The highest BCUT2D eigenvalue weighted by Crippen LogP contribution is 2.46. The van der Waals surface area contributed by atoms with Crippen LogP contribution in [0.5, 0.6) is 5.75 Å². The van der Waals surface area contributed by atoms with Gasteiger partial charge in [0.2, 0.25) is 18.0 Å². The van der Waals surface area contributed by atoms with Gasteiger partial charge in [-0.25, -0.2) is 19.6 Å². The van der Waals surface area contributed by atoms with E-state index in [-0.39, 0.29) is 29.8 Å². The van der Waals surface area contributed by atoms with Crippen LogP contribution in [-0.2, 0) is 19.1 Å². The van der Waals surface area contributed by atoms with Gasteiger partial charge in [-0.1, -0.05) is 75.6 Å². The van der Waals surface area contributed by atoms with Gasteiger partial charge in [-0.3, -0.25) is 9.59 Å². The number of rotatable bonds is 10. The van der Waals surface area contributed by atoms with E-state index in [4.69, 9.17) is 24.2 Å². The fourth-order valence-corrected chi connectivity index (χ4v) is 10.7. The lowest BCUT2D eigenvalue weighted by molar-refractivity contribution is -0.141. The fraction of sp³-hybridized carbons (Fsp3) is 0.412. The maximum Gasteiger partial charge on any atom is 0.407 e. The van der Waals surface area contributed by atoms with E-state index in [0.717, 1.165) is 107 Å². The number of nitrogens with one attached hydrogen (secondary N) is 4. The Labute approximate surface area is 388 Å². The number of carbonyl (C=O) groups excluding carboxylic acids is 4. The number of alkyl carbamates (subject to hydrolysis) is 2. The molecule has 3 fully saturated rings. The molecule has 0 spiro atoms. The molecule has 1 aliphatic carbocycles. The van der Waals surface area contributed by atoms with Crippen LogP contribution in [0.1, 0.15) is 107 Å². The first-order valence-corrected chi connectivity index (χ1v) is 23.5. The largest absolute Gasteiger partial charge is 0.465 e. The summed E-state index contributed by atoms with van der Waals surface area (Å²) < 4.78 is 19.0. The Bertz CT molecular complexity index is 2820. The van der Waals surface area contributed by atoms with Crippen LogP contribution in [0.2, 0.25) is 0 Å². The van der Waals surface area contributed by atoms with E-state index in [1.165, 1.54) is 14.2 Å². The molecule has 3 aliphatic heterocycles. The topological polar surface area (TPSA) is 189 Å². The average Bonchev–Trinajstić information content (AvgIpc) is 4.22. The maximum atomic E-state index is 14.3. The molecular weight excluding hydrogens is 851 g/mol. The summed E-state index contributed by atoms with van der Waals surface area (Å²) in [5, 5.41) is 6.69. The number of ether oxygens (including phenoxy) is 3. The van der Waals surface area contributed by atoms with Crippen molar-refractivity contribution >= 4 is 34.9 Å². The molecule has 0 unspecified atom stereocenters. The van der Waals surface area contributed by atoms with E-state index in [0.29, 0.717) is 31.8 Å². The lowest BCUT2D eigenvalue weighted by atomic mass is 9.80. The molecule has 4 atom stereocenters. The number of methoxy groups -OCH3 is 2. The molecule has 4 N–H and O–H groups in total. The SMILES string of the molecule is COC(=O)N[C@H](C(=O)N1CCC[C@H]1c1ncc(-c2ccc3c(c2)O[C@@H](c2ccccc2)n2c-3cc3cc(-c4cnc([C@@H]5CCCN5C(=O)C5(NC(=O)OC)CCCCC5)[nH]4)ccc32)[nH]1)C(C)C. The summed E-state index contributed by atoms with van der Waals surface area (Å²) in [6.07, 6.45) is 9.13. The van der Waals surface area contributed by atoms with Gasteiger partial charge in [0.05, 0.1) is 61.3 Å². The molecule has 4 amide bonds. The van der Waals surface area contributed by atoms with Gasteiger partial charge in [0.25, 0.3) is 0 Å². The number of hydrogen-bond donors (Lipinski definition) is 4. The second-order valence-corrected chi connectivity index (χ2v) is 18.6. The molecule has 6 aromatic rings. The van der Waals surface area contributed by atoms with Crippen molar-refractivity contribution in [2.24, 2.45) is 5.92 Å². The summed E-state index contributed by atoms with van der Waals surface area (Å²) in [6.45, 7) is 4.97. The summed E-state index contributed by atoms with van der Waals surface area (Å²) in [7, 11) is 2.62. The van der Waals surface area contributed by atoms with Crippen molar-refractivity contribution in [2.45, 2.75) is 102 Å². The molecule has 1 saturated carbocycles. The van der Waals surface area contributed by atoms with Crippen molar-refractivity contribution in [3.05, 3.63) is 102 Å². The molecule has 16 heteroatoms. The fourth-order valence-electron chi connectivity index (χ4n) is 10.7. The van der Waals surface area contributed by atoms with Gasteiger partial charge in [-0.05, 0) is 74.8 Å². The van der Waals surface area contributed by atoms with E-state index >= 15 is 0 Å². The molecule has 2 saturated heterocycles. The van der Waals surface area contributed by atoms with Crippen molar-refractivity contribution in [1.29, 1.82) is 0 Å². The Morgan fingerprint density at radius 1 is 0.761 bits per heavy atom. The molecule has 10 rings (SSSR count). The number of imidazole rings is 2. The number of H-pyrrole nitrogens is 2. The molecule has 3 aromatic carbocycles. The third-order valence-electron chi connectivity index (χ3n) is 14.2. The van der Waals surface area contributed by atoms with Crippen molar-refractivity contribution in [3.63, 3.8) is 0 Å². The average molecular weight is 908 g/mol. The molecular formula is C51H57N9O7. The molecule has 16 nitrogen and oxygen atoms in total. The Balaban J connectivity index is 0.933. The van der Waals surface area contributed by atoms with E-state index in [1.807, 2.05) is 54.1 Å². The van der Waals surface area contributed by atoms with Gasteiger partial charge < -0.3 is 49.2 Å². The van der Waals surface area contributed by atoms with Gasteiger partial charge in [0, 0.05) is 40.7 Å². The number of amides is 4. The zero-order valence-corrected chi connectivity index (χ0v) is 38.3. The molecule has 0 bridgehead atoms. The lowest BCUT2D eigenvalue weighted by Gasteiger charge is -2.40. The molecule has 348 valence electrons. The van der Waals surface area contributed by atoms with Crippen LogP contribution in [0.15, 0.2) is 85.2 Å². The van der Waals surface area contributed by atoms with E-state index < -0.39 is 30.0 Å². The Kier molecular flexibility index (Phi) is 11.7. The van der Waals surface area contributed by atoms with E-state index in [2.05, 4.69) is 73.7 Å². The predicted molar refractivity (Wildman–Crippen MR) is 251 cm³/mol. The van der Waals surface area contributed by atoms with Crippen molar-refractivity contribution < 1.29 is 33.4 Å². The van der Waals surface area contributed by atoms with Crippen LogP contribution in [0.25, 0.3) is 44.7 Å². The number of hydrogen-bond acceptors (Lipinski definition) is 9. The first-order chi connectivity index (χ1) is 32.6. The zero-order valence-electron chi connectivity index (χ0n) is 38.3. The molecule has 3 aromatic heterocycles. The molecule has 6 heterocycles. The standard InChI is InChI=1S/C51H57N9O7/c1-30(2)43(56-49(63)65-3)46(61)58-23-11-15-39(58)44-52-29-37(55-44)33-17-19-35-41-26-34-25-32(18-20-38(34)60(41)47(67-42(35)27-33)31-13-7-5-8-14-31)36-28-53-45(54-36)40-16-12-24-59(40)48(62)51(57-50(64)66-4)21-9-6-10-22-51/h5,7-8,13-14,17-20,25-30,39-40,43,47H,6,9-12,15-16,21-24H2,1-4H3,(H,52,55)(H,53,54)(H,56,63)(H,57,64)/t39-,40-,43-,47-/m0/s1. The van der Waals surface area contributed by atoms with Gasteiger partial charge in [-0.2, -0.15) is 0 Å². The van der Waals surface area contributed by atoms with E-state index in [1.54, 1.807) is 6.20 Å². The first kappa shape index (κ1) is 43.8. The molecule has 0 radical (unpaired) electrons. The minimum absolute atomic E-state index is 0.0628. The summed E-state index contributed by atoms with van der Waals surface area (Å²) in [4.78, 5) is 73.1. The minimum Gasteiger partial charge on any atom is -0.465 e. The highest BCUT2D eigenvalue weighted by atomic mass is 16.5. The number of aromatic amines is 2. The van der Waals surface area contributed by atoms with Crippen molar-refractivity contribution in [1.82, 2.24) is 44.9 Å². The van der Waals surface area contributed by atoms with Crippen LogP contribution in [0.4, 0.5) is 9.59 Å². The lowest BCUT2D eigenvalue weighted by Crippen LogP contribution is -2.60. The third kappa shape index (κ3) is 8.05. The smallest absolute Gasteiger partial charge is 0.407 e.